The molecule has 2 heterocycles. The van der Waals surface area contributed by atoms with Gasteiger partial charge in [-0.05, 0) is 32.3 Å². The molecule has 0 radical (unpaired) electrons. The number of hydrogen-bond donors (Lipinski definition) is 1. The van der Waals surface area contributed by atoms with Gasteiger partial charge in [0.15, 0.2) is 0 Å². The third-order valence-electron chi connectivity index (χ3n) is 4.02. The Labute approximate surface area is 124 Å². The first-order valence-electron chi connectivity index (χ1n) is 7.75. The van der Waals surface area contributed by atoms with E-state index in [1.165, 1.54) is 12.8 Å². The minimum Gasteiger partial charge on any atom is -0.476 e. The molecular formula is C15H22N4O2. The van der Waals surface area contributed by atoms with Crippen LogP contribution in [0.2, 0.25) is 0 Å². The molecule has 1 aromatic heterocycles. The van der Waals surface area contributed by atoms with E-state index in [0.29, 0.717) is 30.9 Å². The van der Waals surface area contributed by atoms with Crippen LogP contribution < -0.4 is 10.1 Å². The van der Waals surface area contributed by atoms with Crippen LogP contribution >= 0.6 is 0 Å². The van der Waals surface area contributed by atoms with Crippen LogP contribution in [0.1, 0.15) is 37.8 Å². The highest BCUT2D eigenvalue weighted by atomic mass is 16.5. The number of ether oxygens (including phenoxy) is 1. The fraction of sp³-hybridized carbons (Fsp3) is 0.667. The zero-order valence-electron chi connectivity index (χ0n) is 12.4. The number of aromatic nitrogens is 2. The third-order valence-corrected chi connectivity index (χ3v) is 4.02. The molecule has 1 aliphatic carbocycles. The minimum atomic E-state index is 0.0218. The van der Waals surface area contributed by atoms with Crippen molar-refractivity contribution in [3.05, 3.63) is 17.8 Å². The molecule has 0 spiro atoms. The van der Waals surface area contributed by atoms with Crippen molar-refractivity contribution < 1.29 is 9.53 Å². The smallest absolute Gasteiger partial charge is 0.317 e. The molecule has 0 aromatic carbocycles. The number of nitrogens with zero attached hydrogens (tertiary/aromatic N) is 3. The standard InChI is InChI=1S/C15H22N4O2/c1-2-16-15(20)19-8-7-11(9-19)10-21-14-6-5-13(17-18-14)12-3-4-12/h5-6,11-12H,2-4,7-10H2,1H3,(H,16,20). The molecule has 6 nitrogen and oxygen atoms in total. The molecule has 1 N–H and O–H groups in total. The van der Waals surface area contributed by atoms with Crippen molar-refractivity contribution in [2.45, 2.75) is 32.1 Å². The van der Waals surface area contributed by atoms with Gasteiger partial charge in [0.1, 0.15) is 0 Å². The Balaban J connectivity index is 1.44. The average Bonchev–Trinajstić information content (AvgIpc) is 3.24. The summed E-state index contributed by atoms with van der Waals surface area (Å²) in [4.78, 5) is 13.6. The topological polar surface area (TPSA) is 67.4 Å². The zero-order chi connectivity index (χ0) is 14.7. The average molecular weight is 290 g/mol. The summed E-state index contributed by atoms with van der Waals surface area (Å²) in [5, 5.41) is 11.2. The number of rotatable bonds is 5. The van der Waals surface area contributed by atoms with E-state index < -0.39 is 0 Å². The highest BCUT2D eigenvalue weighted by Gasteiger charge is 2.27. The normalized spacial score (nSPS) is 21.4. The van der Waals surface area contributed by atoms with Gasteiger partial charge in [-0.1, -0.05) is 0 Å². The lowest BCUT2D eigenvalue weighted by molar-refractivity contribution is 0.201. The van der Waals surface area contributed by atoms with Crippen LogP contribution in [0.15, 0.2) is 12.1 Å². The molecule has 2 aliphatic rings. The molecule has 1 aliphatic heterocycles. The van der Waals surface area contributed by atoms with E-state index in [1.807, 2.05) is 24.0 Å². The second kappa shape index (κ2) is 6.28. The summed E-state index contributed by atoms with van der Waals surface area (Å²) in [5.74, 6) is 1.57. The summed E-state index contributed by atoms with van der Waals surface area (Å²) in [5.41, 5.74) is 1.07. The van der Waals surface area contributed by atoms with E-state index in [9.17, 15) is 4.79 Å². The minimum absolute atomic E-state index is 0.0218. The molecule has 3 rings (SSSR count). The highest BCUT2D eigenvalue weighted by Crippen LogP contribution is 2.38. The van der Waals surface area contributed by atoms with Crippen molar-refractivity contribution in [2.75, 3.05) is 26.2 Å². The van der Waals surface area contributed by atoms with E-state index >= 15 is 0 Å². The number of nitrogens with one attached hydrogen (secondary N) is 1. The molecule has 1 saturated heterocycles. The molecule has 2 fully saturated rings. The summed E-state index contributed by atoms with van der Waals surface area (Å²) in [6.07, 6.45) is 3.43. The Bertz CT molecular complexity index is 487. The van der Waals surface area contributed by atoms with Crippen molar-refractivity contribution in [1.82, 2.24) is 20.4 Å². The molecular weight excluding hydrogens is 268 g/mol. The fourth-order valence-corrected chi connectivity index (χ4v) is 2.62. The summed E-state index contributed by atoms with van der Waals surface area (Å²) < 4.78 is 5.70. The quantitative estimate of drug-likeness (QED) is 0.897. The summed E-state index contributed by atoms with van der Waals surface area (Å²) >= 11 is 0. The van der Waals surface area contributed by atoms with Gasteiger partial charge in [-0.25, -0.2) is 4.79 Å². The Hall–Kier alpha value is -1.85. The van der Waals surface area contributed by atoms with Crippen LogP contribution in [0.25, 0.3) is 0 Å². The summed E-state index contributed by atoms with van der Waals surface area (Å²) in [6, 6.07) is 3.93. The maximum atomic E-state index is 11.7. The predicted molar refractivity (Wildman–Crippen MR) is 78.3 cm³/mol. The van der Waals surface area contributed by atoms with Gasteiger partial charge < -0.3 is 15.0 Å². The third kappa shape index (κ3) is 3.62. The fourth-order valence-electron chi connectivity index (χ4n) is 2.62. The molecule has 114 valence electrons. The van der Waals surface area contributed by atoms with Crippen molar-refractivity contribution in [1.29, 1.82) is 0 Å². The van der Waals surface area contributed by atoms with Crippen molar-refractivity contribution >= 4 is 6.03 Å². The van der Waals surface area contributed by atoms with Gasteiger partial charge in [0.2, 0.25) is 5.88 Å². The van der Waals surface area contributed by atoms with Gasteiger partial charge in [-0.2, -0.15) is 5.10 Å². The second-order valence-electron chi connectivity index (χ2n) is 5.82. The van der Waals surface area contributed by atoms with Crippen molar-refractivity contribution in [3.8, 4) is 5.88 Å². The molecule has 1 saturated carbocycles. The van der Waals surface area contributed by atoms with E-state index in [-0.39, 0.29) is 6.03 Å². The molecule has 1 unspecified atom stereocenters. The van der Waals surface area contributed by atoms with Gasteiger partial charge in [0, 0.05) is 37.5 Å². The first-order chi connectivity index (χ1) is 10.3. The number of carbonyl (C=O) groups is 1. The van der Waals surface area contributed by atoms with Crippen LogP contribution in [0.5, 0.6) is 5.88 Å². The van der Waals surface area contributed by atoms with Crippen LogP contribution in [0, 0.1) is 5.92 Å². The number of likely N-dealkylation sites (tertiary alicyclic amines) is 1. The monoisotopic (exact) mass is 290 g/mol. The number of hydrogen-bond acceptors (Lipinski definition) is 4. The number of carbonyl (C=O) groups excluding carboxylic acids is 1. The van der Waals surface area contributed by atoms with Crippen LogP contribution in [-0.2, 0) is 0 Å². The highest BCUT2D eigenvalue weighted by molar-refractivity contribution is 5.74. The van der Waals surface area contributed by atoms with Gasteiger partial charge in [0.05, 0.1) is 12.3 Å². The van der Waals surface area contributed by atoms with E-state index in [4.69, 9.17) is 4.74 Å². The maximum absolute atomic E-state index is 11.7. The lowest BCUT2D eigenvalue weighted by Gasteiger charge is -2.16. The SMILES string of the molecule is CCNC(=O)N1CCC(COc2ccc(C3CC3)nn2)C1. The lowest BCUT2D eigenvalue weighted by atomic mass is 10.1. The maximum Gasteiger partial charge on any atom is 0.317 e. The Morgan fingerprint density at radius 1 is 1.38 bits per heavy atom. The van der Waals surface area contributed by atoms with Crippen LogP contribution in [-0.4, -0.2) is 47.4 Å². The zero-order valence-corrected chi connectivity index (χ0v) is 12.4. The molecule has 21 heavy (non-hydrogen) atoms. The molecule has 6 heteroatoms. The van der Waals surface area contributed by atoms with E-state index in [1.54, 1.807) is 0 Å². The number of amides is 2. The first-order valence-corrected chi connectivity index (χ1v) is 7.75. The second-order valence-corrected chi connectivity index (χ2v) is 5.82. The van der Waals surface area contributed by atoms with Gasteiger partial charge in [0.25, 0.3) is 0 Å². The van der Waals surface area contributed by atoms with Crippen molar-refractivity contribution in [2.24, 2.45) is 5.92 Å². The molecule has 2 amide bonds. The predicted octanol–water partition coefficient (Wildman–Crippen LogP) is 1.78. The molecule has 0 bridgehead atoms. The van der Waals surface area contributed by atoms with Gasteiger partial charge in [-0.3, -0.25) is 0 Å². The Kier molecular flexibility index (Phi) is 4.22. The van der Waals surface area contributed by atoms with Crippen LogP contribution in [0.3, 0.4) is 0 Å². The lowest BCUT2D eigenvalue weighted by Crippen LogP contribution is -2.38. The largest absolute Gasteiger partial charge is 0.476 e. The number of urea groups is 1. The van der Waals surface area contributed by atoms with Gasteiger partial charge >= 0.3 is 6.03 Å². The summed E-state index contributed by atoms with van der Waals surface area (Å²) in [7, 11) is 0. The molecule has 1 aromatic rings. The van der Waals surface area contributed by atoms with E-state index in [2.05, 4.69) is 15.5 Å². The van der Waals surface area contributed by atoms with Gasteiger partial charge in [-0.15, -0.1) is 5.10 Å². The van der Waals surface area contributed by atoms with E-state index in [0.717, 1.165) is 25.2 Å². The van der Waals surface area contributed by atoms with Crippen LogP contribution in [0.4, 0.5) is 4.79 Å². The van der Waals surface area contributed by atoms with Crippen molar-refractivity contribution in [3.63, 3.8) is 0 Å². The first kappa shape index (κ1) is 14.1. The Morgan fingerprint density at radius 2 is 2.24 bits per heavy atom. The molecule has 1 atom stereocenters. The summed E-state index contributed by atoms with van der Waals surface area (Å²) in [6.45, 7) is 4.73. The Morgan fingerprint density at radius 3 is 2.90 bits per heavy atom.